The van der Waals surface area contributed by atoms with Gasteiger partial charge in [-0.05, 0) is 13.3 Å². The lowest BCUT2D eigenvalue weighted by Gasteiger charge is -2.29. The highest BCUT2D eigenvalue weighted by Gasteiger charge is 2.53. The van der Waals surface area contributed by atoms with Crippen LogP contribution in [0.2, 0.25) is 0 Å². The molecule has 2 atom stereocenters. The molecule has 0 aliphatic carbocycles. The molecule has 21 heavy (non-hydrogen) atoms. The number of thioether (sulfide) groups is 1. The van der Waals surface area contributed by atoms with Crippen molar-refractivity contribution in [2.45, 2.75) is 37.6 Å². The second-order valence-electron chi connectivity index (χ2n) is 5.10. The average Bonchev–Trinajstić information content (AvgIpc) is 2.91. The number of esters is 1. The van der Waals surface area contributed by atoms with Gasteiger partial charge in [-0.15, -0.1) is 11.8 Å². The lowest BCUT2D eigenvalue weighted by atomic mass is 10.2. The molecule has 2 aliphatic heterocycles. The van der Waals surface area contributed by atoms with Crippen molar-refractivity contribution in [2.24, 2.45) is 0 Å². The van der Waals surface area contributed by atoms with Gasteiger partial charge < -0.3 is 9.64 Å². The van der Waals surface area contributed by atoms with Crippen molar-refractivity contribution in [3.05, 3.63) is 0 Å². The SMILES string of the molecule is CC(=O)NNC(=O)COC(=O)[C@@H]1CS[C@]2(C)CCC(=O)N12. The molecule has 0 aromatic carbocycles. The molecule has 0 bridgehead atoms. The summed E-state index contributed by atoms with van der Waals surface area (Å²) in [5, 5.41) is 0. The third-order valence-electron chi connectivity index (χ3n) is 3.44. The minimum atomic E-state index is -0.649. The second-order valence-corrected chi connectivity index (χ2v) is 6.60. The van der Waals surface area contributed by atoms with E-state index in [2.05, 4.69) is 10.9 Å². The molecule has 0 radical (unpaired) electrons. The number of hydrazine groups is 1. The highest BCUT2D eigenvalue weighted by Crippen LogP contribution is 2.47. The molecule has 3 amide bonds. The number of nitrogens with zero attached hydrogens (tertiary/aromatic N) is 1. The van der Waals surface area contributed by atoms with Crippen molar-refractivity contribution < 1.29 is 23.9 Å². The van der Waals surface area contributed by atoms with Crippen LogP contribution in [0.25, 0.3) is 0 Å². The van der Waals surface area contributed by atoms with E-state index in [9.17, 15) is 19.2 Å². The smallest absolute Gasteiger partial charge is 0.330 e. The first-order chi connectivity index (χ1) is 9.83. The van der Waals surface area contributed by atoms with E-state index < -0.39 is 30.4 Å². The van der Waals surface area contributed by atoms with E-state index in [-0.39, 0.29) is 10.8 Å². The predicted molar refractivity (Wildman–Crippen MR) is 73.6 cm³/mol. The summed E-state index contributed by atoms with van der Waals surface area (Å²) in [5.74, 6) is -1.26. The number of carbonyl (C=O) groups is 4. The number of carbonyl (C=O) groups excluding carboxylic acids is 4. The van der Waals surface area contributed by atoms with Crippen molar-refractivity contribution in [1.82, 2.24) is 15.8 Å². The fraction of sp³-hybridized carbons (Fsp3) is 0.667. The van der Waals surface area contributed by atoms with Gasteiger partial charge in [-0.2, -0.15) is 0 Å². The first kappa shape index (κ1) is 15.6. The molecule has 116 valence electrons. The second kappa shape index (κ2) is 5.92. The van der Waals surface area contributed by atoms with Gasteiger partial charge in [-0.1, -0.05) is 0 Å². The Morgan fingerprint density at radius 3 is 2.81 bits per heavy atom. The van der Waals surface area contributed by atoms with Crippen LogP contribution >= 0.6 is 11.8 Å². The normalized spacial score (nSPS) is 27.2. The summed E-state index contributed by atoms with van der Waals surface area (Å²) in [6, 6.07) is -0.649. The minimum absolute atomic E-state index is 0.0628. The number of rotatable bonds is 3. The van der Waals surface area contributed by atoms with E-state index in [1.54, 1.807) is 16.7 Å². The zero-order valence-corrected chi connectivity index (χ0v) is 12.6. The number of hydrogen-bond donors (Lipinski definition) is 2. The van der Waals surface area contributed by atoms with E-state index in [4.69, 9.17) is 4.74 Å². The summed E-state index contributed by atoms with van der Waals surface area (Å²) in [5.41, 5.74) is 4.18. The molecule has 0 spiro atoms. The van der Waals surface area contributed by atoms with Gasteiger partial charge in [0.1, 0.15) is 6.04 Å². The molecule has 2 heterocycles. The standard InChI is InChI=1S/C12H17N3O5S/c1-7(16)13-14-9(17)5-20-11(19)8-6-21-12(2)4-3-10(18)15(8)12/h8H,3-6H2,1-2H3,(H,13,16)(H,14,17)/t8-,12+/m0/s1. The van der Waals surface area contributed by atoms with Crippen LogP contribution in [-0.2, 0) is 23.9 Å². The Bertz CT molecular complexity index is 497. The summed E-state index contributed by atoms with van der Waals surface area (Å²) in [6.07, 6.45) is 1.14. The van der Waals surface area contributed by atoms with Crippen LogP contribution in [0.4, 0.5) is 0 Å². The van der Waals surface area contributed by atoms with Crippen LogP contribution in [0.5, 0.6) is 0 Å². The van der Waals surface area contributed by atoms with Gasteiger partial charge in [-0.25, -0.2) is 4.79 Å². The molecule has 2 N–H and O–H groups in total. The fourth-order valence-electron chi connectivity index (χ4n) is 2.42. The van der Waals surface area contributed by atoms with Crippen LogP contribution in [0.15, 0.2) is 0 Å². The van der Waals surface area contributed by atoms with Crippen LogP contribution in [0.1, 0.15) is 26.7 Å². The molecule has 0 saturated carbocycles. The predicted octanol–water partition coefficient (Wildman–Crippen LogP) is -0.849. The Kier molecular flexibility index (Phi) is 4.40. The molecule has 0 unspecified atom stereocenters. The van der Waals surface area contributed by atoms with Crippen molar-refractivity contribution in [2.75, 3.05) is 12.4 Å². The number of amides is 3. The summed E-state index contributed by atoms with van der Waals surface area (Å²) < 4.78 is 4.91. The van der Waals surface area contributed by atoms with Gasteiger partial charge in [0.05, 0.1) is 4.87 Å². The third kappa shape index (κ3) is 3.29. The average molecular weight is 315 g/mol. The van der Waals surface area contributed by atoms with Gasteiger partial charge >= 0.3 is 5.97 Å². The highest BCUT2D eigenvalue weighted by atomic mass is 32.2. The van der Waals surface area contributed by atoms with Gasteiger partial charge in [-0.3, -0.25) is 25.2 Å². The molecule has 0 aromatic rings. The minimum Gasteiger partial charge on any atom is -0.454 e. The third-order valence-corrected chi connectivity index (χ3v) is 4.95. The van der Waals surface area contributed by atoms with Gasteiger partial charge in [0.15, 0.2) is 6.61 Å². The molecule has 0 aromatic heterocycles. The van der Waals surface area contributed by atoms with E-state index in [1.165, 1.54) is 6.92 Å². The zero-order valence-electron chi connectivity index (χ0n) is 11.8. The van der Waals surface area contributed by atoms with Gasteiger partial charge in [0, 0.05) is 19.1 Å². The summed E-state index contributed by atoms with van der Waals surface area (Å²) in [6.45, 7) is 2.67. The maximum Gasteiger partial charge on any atom is 0.330 e. The van der Waals surface area contributed by atoms with Gasteiger partial charge in [0.25, 0.3) is 5.91 Å². The lowest BCUT2D eigenvalue weighted by Crippen LogP contribution is -2.48. The van der Waals surface area contributed by atoms with Crippen LogP contribution in [0.3, 0.4) is 0 Å². The van der Waals surface area contributed by atoms with Crippen molar-refractivity contribution >= 4 is 35.5 Å². The van der Waals surface area contributed by atoms with E-state index in [0.29, 0.717) is 18.6 Å². The number of ether oxygens (including phenoxy) is 1. The maximum absolute atomic E-state index is 12.0. The molecule has 8 nitrogen and oxygen atoms in total. The van der Waals surface area contributed by atoms with E-state index in [1.807, 2.05) is 6.92 Å². The van der Waals surface area contributed by atoms with E-state index in [0.717, 1.165) is 0 Å². The lowest BCUT2D eigenvalue weighted by molar-refractivity contribution is -0.156. The van der Waals surface area contributed by atoms with Crippen molar-refractivity contribution in [1.29, 1.82) is 0 Å². The Morgan fingerprint density at radius 1 is 1.43 bits per heavy atom. The molecule has 9 heteroatoms. The number of nitrogens with one attached hydrogen (secondary N) is 2. The van der Waals surface area contributed by atoms with Crippen LogP contribution in [0, 0.1) is 0 Å². The van der Waals surface area contributed by atoms with Crippen LogP contribution in [-0.4, -0.2) is 51.9 Å². The summed E-state index contributed by atoms with van der Waals surface area (Å²) in [7, 11) is 0. The Labute approximate surface area is 125 Å². The Morgan fingerprint density at radius 2 is 2.14 bits per heavy atom. The van der Waals surface area contributed by atoms with Crippen molar-refractivity contribution in [3.8, 4) is 0 Å². The maximum atomic E-state index is 12.0. The zero-order chi connectivity index (χ0) is 15.6. The van der Waals surface area contributed by atoms with E-state index >= 15 is 0 Å². The highest BCUT2D eigenvalue weighted by molar-refractivity contribution is 8.01. The molecule has 2 aliphatic rings. The van der Waals surface area contributed by atoms with Gasteiger partial charge in [0.2, 0.25) is 11.8 Å². The Hall–Kier alpha value is -1.77. The largest absolute Gasteiger partial charge is 0.454 e. The molecular weight excluding hydrogens is 298 g/mol. The topological polar surface area (TPSA) is 105 Å². The monoisotopic (exact) mass is 315 g/mol. The quantitative estimate of drug-likeness (QED) is 0.519. The first-order valence-corrected chi connectivity index (χ1v) is 7.50. The molecular formula is C12H17N3O5S. The van der Waals surface area contributed by atoms with Crippen molar-refractivity contribution in [3.63, 3.8) is 0 Å². The summed E-state index contributed by atoms with van der Waals surface area (Å²) in [4.78, 5) is 47.0. The summed E-state index contributed by atoms with van der Waals surface area (Å²) >= 11 is 1.55. The number of hydrogen-bond acceptors (Lipinski definition) is 6. The molecule has 2 saturated heterocycles. The number of fused-ring (bicyclic) bond motifs is 1. The molecule has 2 fully saturated rings. The Balaban J connectivity index is 1.85. The first-order valence-electron chi connectivity index (χ1n) is 6.52. The fourth-order valence-corrected chi connectivity index (χ4v) is 3.84. The van der Waals surface area contributed by atoms with Crippen LogP contribution < -0.4 is 10.9 Å². The molecule has 2 rings (SSSR count).